The largest absolute Gasteiger partial charge is 0.252 e. The van der Waals surface area contributed by atoms with Gasteiger partial charge in [0.05, 0.1) is 16.3 Å². The molecule has 0 saturated heterocycles. The molecule has 0 spiro atoms. The van der Waals surface area contributed by atoms with Crippen molar-refractivity contribution >= 4 is 23.4 Å². The van der Waals surface area contributed by atoms with E-state index in [1.165, 1.54) is 11.6 Å². The summed E-state index contributed by atoms with van der Waals surface area (Å²) in [5.74, 6) is 1.31. The number of hydrogen-bond donors (Lipinski definition) is 0. The minimum absolute atomic E-state index is 0.140. The highest BCUT2D eigenvalue weighted by atomic mass is 35.5. The van der Waals surface area contributed by atoms with Gasteiger partial charge in [0.2, 0.25) is 0 Å². The summed E-state index contributed by atoms with van der Waals surface area (Å²) in [5, 5.41) is 4.64. The Balaban J connectivity index is 1.76. The quantitative estimate of drug-likeness (QED) is 0.523. The Morgan fingerprint density at radius 3 is 2.42 bits per heavy atom. The van der Waals surface area contributed by atoms with Gasteiger partial charge in [-0.05, 0) is 35.2 Å². The van der Waals surface area contributed by atoms with Crippen LogP contribution in [-0.2, 0) is 18.2 Å². The van der Waals surface area contributed by atoms with Crippen molar-refractivity contribution < 1.29 is 4.39 Å². The van der Waals surface area contributed by atoms with Crippen molar-refractivity contribution in [3.63, 3.8) is 0 Å². The molecule has 136 valence electrons. The van der Waals surface area contributed by atoms with Crippen LogP contribution in [0.15, 0.2) is 47.4 Å². The van der Waals surface area contributed by atoms with E-state index in [9.17, 15) is 4.39 Å². The Morgan fingerprint density at radius 1 is 1.12 bits per heavy atom. The molecule has 0 radical (unpaired) electrons. The zero-order valence-corrected chi connectivity index (χ0v) is 16.8. The van der Waals surface area contributed by atoms with Crippen LogP contribution >= 0.6 is 23.4 Å². The van der Waals surface area contributed by atoms with Crippen LogP contribution in [0.1, 0.15) is 32.2 Å². The Hall–Kier alpha value is -1.85. The van der Waals surface area contributed by atoms with Crippen LogP contribution in [0.4, 0.5) is 4.39 Å². The minimum Gasteiger partial charge on any atom is -0.252 e. The van der Waals surface area contributed by atoms with Gasteiger partial charge in [-0.15, -0.1) is 11.8 Å². The molecule has 1 aromatic heterocycles. The SMILES string of the molecule is Cn1nc(-c2c(F)cccc2Cl)nc1CSc1ccc(C(C)(C)C)cc1. The third-order valence-corrected chi connectivity index (χ3v) is 5.45. The van der Waals surface area contributed by atoms with Gasteiger partial charge >= 0.3 is 0 Å². The maximum atomic E-state index is 14.1. The van der Waals surface area contributed by atoms with E-state index in [1.54, 1.807) is 28.6 Å². The Labute approximate surface area is 162 Å². The zero-order chi connectivity index (χ0) is 18.9. The topological polar surface area (TPSA) is 30.7 Å². The fourth-order valence-electron chi connectivity index (χ4n) is 2.56. The van der Waals surface area contributed by atoms with Crippen molar-refractivity contribution in [2.45, 2.75) is 36.8 Å². The summed E-state index contributed by atoms with van der Waals surface area (Å²) in [5.41, 5.74) is 1.69. The molecule has 2 aromatic carbocycles. The molecule has 0 bridgehead atoms. The van der Waals surface area contributed by atoms with Crippen molar-refractivity contribution in [2.24, 2.45) is 7.05 Å². The first-order valence-corrected chi connectivity index (χ1v) is 9.69. The lowest BCUT2D eigenvalue weighted by molar-refractivity contribution is 0.590. The third kappa shape index (κ3) is 4.10. The predicted octanol–water partition coefficient (Wildman–Crippen LogP) is 5.86. The van der Waals surface area contributed by atoms with Gasteiger partial charge in [-0.3, -0.25) is 4.68 Å². The highest BCUT2D eigenvalue weighted by Crippen LogP contribution is 2.30. The Morgan fingerprint density at radius 2 is 1.81 bits per heavy atom. The highest BCUT2D eigenvalue weighted by Gasteiger charge is 2.17. The Bertz CT molecular complexity index is 894. The molecule has 26 heavy (non-hydrogen) atoms. The maximum Gasteiger partial charge on any atom is 0.185 e. The molecular weight excluding hydrogens is 369 g/mol. The minimum atomic E-state index is -0.417. The number of thioether (sulfide) groups is 1. The van der Waals surface area contributed by atoms with Gasteiger partial charge in [-0.25, -0.2) is 9.37 Å². The first-order chi connectivity index (χ1) is 12.3. The Kier molecular flexibility index (Phi) is 5.39. The van der Waals surface area contributed by atoms with Crippen molar-refractivity contribution in [1.82, 2.24) is 14.8 Å². The van der Waals surface area contributed by atoms with Gasteiger partial charge in [-0.1, -0.05) is 50.6 Å². The molecule has 3 aromatic rings. The molecular formula is C20H21ClFN3S. The molecule has 0 aliphatic heterocycles. The van der Waals surface area contributed by atoms with Gasteiger partial charge in [0.15, 0.2) is 5.82 Å². The van der Waals surface area contributed by atoms with Crippen LogP contribution in [0.5, 0.6) is 0 Å². The van der Waals surface area contributed by atoms with Gasteiger partial charge in [0, 0.05) is 11.9 Å². The van der Waals surface area contributed by atoms with Crippen LogP contribution in [0.2, 0.25) is 5.02 Å². The van der Waals surface area contributed by atoms with Crippen molar-refractivity contribution in [3.8, 4) is 11.4 Å². The van der Waals surface area contributed by atoms with Crippen LogP contribution in [0, 0.1) is 5.82 Å². The summed E-state index contributed by atoms with van der Waals surface area (Å²) in [6.07, 6.45) is 0. The van der Waals surface area contributed by atoms with Crippen LogP contribution in [-0.4, -0.2) is 14.8 Å². The lowest BCUT2D eigenvalue weighted by Gasteiger charge is -2.19. The van der Waals surface area contributed by atoms with E-state index < -0.39 is 5.82 Å². The lowest BCUT2D eigenvalue weighted by Crippen LogP contribution is -2.10. The van der Waals surface area contributed by atoms with Gasteiger partial charge in [0.25, 0.3) is 0 Å². The standard InChI is InChI=1S/C20H21ClFN3S/c1-20(2,3)13-8-10-14(11-9-13)26-12-17-23-19(24-25(17)4)18-15(21)6-5-7-16(18)22/h5-11H,12H2,1-4H3. The predicted molar refractivity (Wildman–Crippen MR) is 106 cm³/mol. The van der Waals surface area contributed by atoms with Crippen molar-refractivity contribution in [3.05, 3.63) is 64.7 Å². The average Bonchev–Trinajstić information content (AvgIpc) is 2.93. The van der Waals surface area contributed by atoms with Crippen LogP contribution in [0.3, 0.4) is 0 Å². The number of aromatic nitrogens is 3. The molecule has 0 N–H and O–H groups in total. The van der Waals surface area contributed by atoms with Crippen molar-refractivity contribution in [1.29, 1.82) is 0 Å². The summed E-state index contributed by atoms with van der Waals surface area (Å²) < 4.78 is 15.8. The molecule has 3 rings (SSSR count). The monoisotopic (exact) mass is 389 g/mol. The normalized spacial score (nSPS) is 11.8. The summed E-state index contributed by atoms with van der Waals surface area (Å²) in [4.78, 5) is 5.64. The van der Waals surface area contributed by atoms with E-state index in [4.69, 9.17) is 11.6 Å². The van der Waals surface area contributed by atoms with E-state index in [0.29, 0.717) is 16.6 Å². The highest BCUT2D eigenvalue weighted by molar-refractivity contribution is 7.98. The first-order valence-electron chi connectivity index (χ1n) is 8.33. The smallest absolute Gasteiger partial charge is 0.185 e. The van der Waals surface area contributed by atoms with Gasteiger partial charge in [0.1, 0.15) is 11.6 Å². The van der Waals surface area contributed by atoms with E-state index in [1.807, 2.05) is 7.05 Å². The molecule has 0 aliphatic rings. The second kappa shape index (κ2) is 7.41. The summed E-state index contributed by atoms with van der Waals surface area (Å²) in [6, 6.07) is 13.1. The summed E-state index contributed by atoms with van der Waals surface area (Å²) in [6.45, 7) is 6.60. The van der Waals surface area contributed by atoms with Crippen LogP contribution in [0.25, 0.3) is 11.4 Å². The molecule has 0 aliphatic carbocycles. The maximum absolute atomic E-state index is 14.1. The van der Waals surface area contributed by atoms with Crippen molar-refractivity contribution in [2.75, 3.05) is 0 Å². The van der Waals surface area contributed by atoms with E-state index in [2.05, 4.69) is 55.1 Å². The van der Waals surface area contributed by atoms with E-state index in [0.717, 1.165) is 10.7 Å². The number of aryl methyl sites for hydroxylation is 1. The zero-order valence-electron chi connectivity index (χ0n) is 15.3. The fourth-order valence-corrected chi connectivity index (χ4v) is 3.68. The van der Waals surface area contributed by atoms with Crippen LogP contribution < -0.4 is 0 Å². The van der Waals surface area contributed by atoms with Gasteiger partial charge in [-0.2, -0.15) is 5.10 Å². The van der Waals surface area contributed by atoms with E-state index in [-0.39, 0.29) is 11.0 Å². The second-order valence-electron chi connectivity index (χ2n) is 7.13. The fraction of sp³-hybridized carbons (Fsp3) is 0.300. The molecule has 0 saturated carbocycles. The second-order valence-corrected chi connectivity index (χ2v) is 8.59. The first kappa shape index (κ1) is 18.9. The summed E-state index contributed by atoms with van der Waals surface area (Å²) >= 11 is 7.79. The molecule has 0 amide bonds. The summed E-state index contributed by atoms with van der Waals surface area (Å²) in [7, 11) is 1.81. The molecule has 0 atom stereocenters. The molecule has 6 heteroatoms. The lowest BCUT2D eigenvalue weighted by atomic mass is 9.87. The molecule has 1 heterocycles. The number of benzene rings is 2. The third-order valence-electron chi connectivity index (χ3n) is 4.13. The molecule has 0 unspecified atom stereocenters. The number of nitrogens with zero attached hydrogens (tertiary/aromatic N) is 3. The van der Waals surface area contributed by atoms with E-state index >= 15 is 0 Å². The molecule has 3 nitrogen and oxygen atoms in total. The number of rotatable bonds is 4. The average molecular weight is 390 g/mol. The number of hydrogen-bond acceptors (Lipinski definition) is 3. The van der Waals surface area contributed by atoms with Gasteiger partial charge < -0.3 is 0 Å². The number of halogens is 2. The molecule has 0 fully saturated rings.